The molecule has 0 aromatic heterocycles. The lowest BCUT2D eigenvalue weighted by Crippen LogP contribution is -2.54. The van der Waals surface area contributed by atoms with Crippen LogP contribution in [0.25, 0.3) is 0 Å². The van der Waals surface area contributed by atoms with E-state index in [1.807, 2.05) is 44.2 Å². The molecule has 0 aliphatic rings. The highest BCUT2D eigenvalue weighted by Crippen LogP contribution is 2.10. The Labute approximate surface area is 143 Å². The van der Waals surface area contributed by atoms with Crippen LogP contribution in [0.2, 0.25) is 0 Å². The Morgan fingerprint density at radius 3 is 2.25 bits per heavy atom. The number of nitrogens with one attached hydrogen (secondary N) is 2. The van der Waals surface area contributed by atoms with Crippen LogP contribution in [0.3, 0.4) is 0 Å². The lowest BCUT2D eigenvalue weighted by molar-refractivity contribution is -0.146. The highest BCUT2D eigenvalue weighted by Gasteiger charge is 2.30. The van der Waals surface area contributed by atoms with Crippen molar-refractivity contribution >= 4 is 17.8 Å². The van der Waals surface area contributed by atoms with Gasteiger partial charge in [-0.15, -0.1) is 0 Å². The summed E-state index contributed by atoms with van der Waals surface area (Å²) >= 11 is 0. The Bertz CT molecular complexity index is 559. The second kappa shape index (κ2) is 9.70. The molecular formula is C18H26N2O4. The zero-order valence-corrected chi connectivity index (χ0v) is 14.7. The SMILES string of the molecule is CC[C@H](C)[C@H](NC(=O)[C@H](Cc1ccccc1)NC(C)=O)C(=O)OC. The number of amides is 2. The number of benzene rings is 1. The van der Waals surface area contributed by atoms with Gasteiger partial charge in [0, 0.05) is 13.3 Å². The number of hydrogen-bond donors (Lipinski definition) is 2. The molecule has 6 nitrogen and oxygen atoms in total. The average molecular weight is 334 g/mol. The van der Waals surface area contributed by atoms with Gasteiger partial charge in [0.05, 0.1) is 7.11 Å². The minimum absolute atomic E-state index is 0.0731. The number of rotatable bonds is 8. The number of hydrogen-bond acceptors (Lipinski definition) is 4. The van der Waals surface area contributed by atoms with Crippen LogP contribution in [0.15, 0.2) is 30.3 Å². The molecule has 0 aliphatic carbocycles. The fourth-order valence-electron chi connectivity index (χ4n) is 2.35. The van der Waals surface area contributed by atoms with Crippen molar-refractivity contribution in [3.05, 3.63) is 35.9 Å². The van der Waals surface area contributed by atoms with Gasteiger partial charge in [-0.05, 0) is 11.5 Å². The Balaban J connectivity index is 2.89. The predicted octanol–water partition coefficient (Wildman–Crippen LogP) is 1.44. The van der Waals surface area contributed by atoms with Crippen molar-refractivity contribution in [1.82, 2.24) is 10.6 Å². The van der Waals surface area contributed by atoms with Gasteiger partial charge in [0.1, 0.15) is 12.1 Å². The van der Waals surface area contributed by atoms with E-state index in [1.54, 1.807) is 0 Å². The van der Waals surface area contributed by atoms with E-state index in [2.05, 4.69) is 10.6 Å². The molecule has 1 aromatic rings. The molecule has 132 valence electrons. The maximum atomic E-state index is 12.6. The zero-order chi connectivity index (χ0) is 18.1. The van der Waals surface area contributed by atoms with Gasteiger partial charge < -0.3 is 15.4 Å². The van der Waals surface area contributed by atoms with Crippen molar-refractivity contribution in [1.29, 1.82) is 0 Å². The van der Waals surface area contributed by atoms with Gasteiger partial charge in [0.2, 0.25) is 11.8 Å². The first-order valence-electron chi connectivity index (χ1n) is 8.08. The summed E-state index contributed by atoms with van der Waals surface area (Å²) in [7, 11) is 1.29. The van der Waals surface area contributed by atoms with Gasteiger partial charge in [-0.25, -0.2) is 4.79 Å². The molecule has 3 atom stereocenters. The molecular weight excluding hydrogens is 308 g/mol. The molecule has 0 spiro atoms. The predicted molar refractivity (Wildman–Crippen MR) is 91.2 cm³/mol. The van der Waals surface area contributed by atoms with Crippen molar-refractivity contribution in [3.8, 4) is 0 Å². The Hall–Kier alpha value is -2.37. The van der Waals surface area contributed by atoms with Gasteiger partial charge in [0.15, 0.2) is 0 Å². The normalized spacial score (nSPS) is 14.2. The minimum Gasteiger partial charge on any atom is -0.467 e. The van der Waals surface area contributed by atoms with Crippen molar-refractivity contribution in [2.75, 3.05) is 7.11 Å². The molecule has 1 rings (SSSR count). The number of ether oxygens (including phenoxy) is 1. The molecule has 0 bridgehead atoms. The largest absolute Gasteiger partial charge is 0.467 e. The zero-order valence-electron chi connectivity index (χ0n) is 14.7. The first-order valence-corrected chi connectivity index (χ1v) is 8.08. The first kappa shape index (κ1) is 19.7. The summed E-state index contributed by atoms with van der Waals surface area (Å²) in [6, 6.07) is 7.90. The van der Waals surface area contributed by atoms with Crippen LogP contribution in [-0.4, -0.2) is 37.0 Å². The Morgan fingerprint density at radius 2 is 1.75 bits per heavy atom. The average Bonchev–Trinajstić information content (AvgIpc) is 2.58. The highest BCUT2D eigenvalue weighted by molar-refractivity contribution is 5.90. The molecule has 0 saturated carbocycles. The molecule has 0 fully saturated rings. The summed E-state index contributed by atoms with van der Waals surface area (Å²) in [5.41, 5.74) is 0.921. The molecule has 24 heavy (non-hydrogen) atoms. The third kappa shape index (κ3) is 6.02. The summed E-state index contributed by atoms with van der Waals surface area (Å²) in [6.07, 6.45) is 1.06. The van der Waals surface area contributed by atoms with E-state index < -0.39 is 24.0 Å². The lowest BCUT2D eigenvalue weighted by atomic mass is 9.98. The number of esters is 1. The number of carbonyl (C=O) groups excluding carboxylic acids is 3. The fraction of sp³-hybridized carbons (Fsp3) is 0.500. The van der Waals surface area contributed by atoms with E-state index in [9.17, 15) is 14.4 Å². The van der Waals surface area contributed by atoms with Gasteiger partial charge >= 0.3 is 5.97 Å². The third-order valence-corrected chi connectivity index (χ3v) is 3.94. The van der Waals surface area contributed by atoms with Crippen molar-refractivity contribution in [3.63, 3.8) is 0 Å². The standard InChI is InChI=1S/C18H26N2O4/c1-5-12(2)16(18(23)24-4)20-17(22)15(19-13(3)21)11-14-9-7-6-8-10-14/h6-10,12,15-16H,5,11H2,1-4H3,(H,19,21)(H,20,22)/t12-,15-,16-/m0/s1. The van der Waals surface area contributed by atoms with E-state index in [0.29, 0.717) is 12.8 Å². The monoisotopic (exact) mass is 334 g/mol. The first-order chi connectivity index (χ1) is 11.4. The highest BCUT2D eigenvalue weighted by atomic mass is 16.5. The Morgan fingerprint density at radius 1 is 1.12 bits per heavy atom. The molecule has 1 aromatic carbocycles. The summed E-state index contributed by atoms with van der Waals surface area (Å²) < 4.78 is 4.77. The van der Waals surface area contributed by atoms with Crippen LogP contribution in [-0.2, 0) is 25.5 Å². The van der Waals surface area contributed by atoms with Crippen LogP contribution in [0, 0.1) is 5.92 Å². The van der Waals surface area contributed by atoms with Gasteiger partial charge in [-0.1, -0.05) is 50.6 Å². The maximum Gasteiger partial charge on any atom is 0.328 e. The molecule has 2 N–H and O–H groups in total. The van der Waals surface area contributed by atoms with Crippen LogP contribution in [0.5, 0.6) is 0 Å². The van der Waals surface area contributed by atoms with Gasteiger partial charge in [0.25, 0.3) is 0 Å². The molecule has 0 aliphatic heterocycles. The molecule has 0 saturated heterocycles. The second-order valence-corrected chi connectivity index (χ2v) is 5.84. The van der Waals surface area contributed by atoms with E-state index in [4.69, 9.17) is 4.74 Å². The summed E-state index contributed by atoms with van der Waals surface area (Å²) in [5, 5.41) is 5.36. The van der Waals surface area contributed by atoms with Crippen molar-refractivity contribution < 1.29 is 19.1 Å². The quantitative estimate of drug-likeness (QED) is 0.705. The summed E-state index contributed by atoms with van der Waals surface area (Å²) in [6.45, 7) is 5.16. The van der Waals surface area contributed by atoms with Crippen LogP contribution in [0.1, 0.15) is 32.8 Å². The van der Waals surface area contributed by atoms with E-state index in [1.165, 1.54) is 14.0 Å². The molecule has 0 radical (unpaired) electrons. The van der Waals surface area contributed by atoms with E-state index in [0.717, 1.165) is 5.56 Å². The topological polar surface area (TPSA) is 84.5 Å². The third-order valence-electron chi connectivity index (χ3n) is 3.94. The molecule has 2 amide bonds. The number of methoxy groups -OCH3 is 1. The lowest BCUT2D eigenvalue weighted by Gasteiger charge is -2.25. The van der Waals surface area contributed by atoms with Crippen LogP contribution < -0.4 is 10.6 Å². The fourth-order valence-corrected chi connectivity index (χ4v) is 2.35. The molecule has 0 unspecified atom stereocenters. The van der Waals surface area contributed by atoms with E-state index >= 15 is 0 Å². The van der Waals surface area contributed by atoms with Crippen LogP contribution in [0.4, 0.5) is 0 Å². The Kier molecular flexibility index (Phi) is 7.95. The number of carbonyl (C=O) groups is 3. The van der Waals surface area contributed by atoms with Crippen molar-refractivity contribution in [2.24, 2.45) is 5.92 Å². The summed E-state index contributed by atoms with van der Waals surface area (Å²) in [4.78, 5) is 36.0. The maximum absolute atomic E-state index is 12.6. The van der Waals surface area contributed by atoms with Crippen LogP contribution >= 0.6 is 0 Å². The van der Waals surface area contributed by atoms with Gasteiger partial charge in [-0.3, -0.25) is 9.59 Å². The second-order valence-electron chi connectivity index (χ2n) is 5.84. The minimum atomic E-state index is -0.749. The molecule has 6 heteroatoms. The van der Waals surface area contributed by atoms with Gasteiger partial charge in [-0.2, -0.15) is 0 Å². The summed E-state index contributed by atoms with van der Waals surface area (Å²) in [5.74, 6) is -1.26. The smallest absolute Gasteiger partial charge is 0.328 e. The van der Waals surface area contributed by atoms with Crippen molar-refractivity contribution in [2.45, 2.75) is 45.7 Å². The molecule has 0 heterocycles. The van der Waals surface area contributed by atoms with E-state index in [-0.39, 0.29) is 11.8 Å².